The normalized spacial score (nSPS) is 18.3. The van der Waals surface area contributed by atoms with Crippen molar-refractivity contribution in [2.24, 2.45) is 5.92 Å². The van der Waals surface area contributed by atoms with E-state index in [0.29, 0.717) is 17.7 Å². The Morgan fingerprint density at radius 2 is 2.09 bits per heavy atom. The molecule has 7 nitrogen and oxygen atoms in total. The molecule has 1 aromatic carbocycles. The smallest absolute Gasteiger partial charge is 0.264 e. The average molecular weight is 455 g/mol. The first kappa shape index (κ1) is 22.5. The van der Waals surface area contributed by atoms with E-state index >= 15 is 0 Å². The summed E-state index contributed by atoms with van der Waals surface area (Å²) in [5.41, 5.74) is 2.54. The second-order valence-corrected chi connectivity index (χ2v) is 9.62. The van der Waals surface area contributed by atoms with E-state index in [1.165, 1.54) is 16.2 Å². The zero-order valence-corrected chi connectivity index (χ0v) is 19.8. The molecule has 8 heteroatoms. The van der Waals surface area contributed by atoms with Crippen molar-refractivity contribution in [2.75, 3.05) is 31.6 Å². The molecule has 0 saturated carbocycles. The van der Waals surface area contributed by atoms with Crippen LogP contribution in [0.1, 0.15) is 64.0 Å². The maximum Gasteiger partial charge on any atom is 0.264 e. The van der Waals surface area contributed by atoms with E-state index in [9.17, 15) is 14.4 Å². The van der Waals surface area contributed by atoms with Gasteiger partial charge in [0.25, 0.3) is 11.8 Å². The number of imide groups is 1. The van der Waals surface area contributed by atoms with Gasteiger partial charge in [-0.05, 0) is 38.3 Å². The Labute approximate surface area is 193 Å². The number of carbonyl (C=O) groups is 3. The number of aryl methyl sites for hydroxylation is 1. The lowest BCUT2D eigenvalue weighted by Gasteiger charge is -2.36. The molecule has 0 bridgehead atoms. The van der Waals surface area contributed by atoms with Crippen LogP contribution in [0.3, 0.4) is 0 Å². The van der Waals surface area contributed by atoms with Crippen molar-refractivity contribution < 1.29 is 14.4 Å². The van der Waals surface area contributed by atoms with Crippen molar-refractivity contribution in [3.63, 3.8) is 0 Å². The quantitative estimate of drug-likeness (QED) is 0.596. The fourth-order valence-electron chi connectivity index (χ4n) is 4.55. The summed E-state index contributed by atoms with van der Waals surface area (Å²) in [6, 6.07) is 5.45. The van der Waals surface area contributed by atoms with E-state index in [0.717, 1.165) is 55.2 Å². The van der Waals surface area contributed by atoms with Crippen molar-refractivity contribution in [3.05, 3.63) is 45.4 Å². The van der Waals surface area contributed by atoms with Crippen LogP contribution < -0.4 is 4.90 Å². The van der Waals surface area contributed by atoms with Crippen LogP contribution >= 0.6 is 11.3 Å². The minimum atomic E-state index is -0.276. The second kappa shape index (κ2) is 9.40. The number of rotatable bonds is 7. The number of amides is 3. The zero-order chi connectivity index (χ0) is 22.8. The van der Waals surface area contributed by atoms with Gasteiger partial charge in [0.15, 0.2) is 0 Å². The summed E-state index contributed by atoms with van der Waals surface area (Å²) in [7, 11) is 1.87. The van der Waals surface area contributed by atoms with Crippen molar-refractivity contribution in [2.45, 2.75) is 46.1 Å². The number of hydrogen-bond donors (Lipinski definition) is 0. The van der Waals surface area contributed by atoms with E-state index in [4.69, 9.17) is 0 Å². The number of carbonyl (C=O) groups excluding carboxylic acids is 3. The van der Waals surface area contributed by atoms with Gasteiger partial charge in [-0.15, -0.1) is 11.3 Å². The van der Waals surface area contributed by atoms with Crippen molar-refractivity contribution in [3.8, 4) is 0 Å². The van der Waals surface area contributed by atoms with Gasteiger partial charge in [-0.2, -0.15) is 0 Å². The Kier molecular flexibility index (Phi) is 6.60. The first-order valence-electron chi connectivity index (χ1n) is 11.3. The summed E-state index contributed by atoms with van der Waals surface area (Å²) in [6.45, 7) is 6.31. The number of benzene rings is 1. The third-order valence-corrected chi connectivity index (χ3v) is 7.22. The summed E-state index contributed by atoms with van der Waals surface area (Å²) in [6.07, 6.45) is 3.78. The highest BCUT2D eigenvalue weighted by molar-refractivity contribution is 7.09. The van der Waals surface area contributed by atoms with Crippen LogP contribution in [0.2, 0.25) is 0 Å². The molecule has 0 aliphatic carbocycles. The number of unbranched alkanes of at least 4 members (excludes halogenated alkanes) is 1. The SMILES string of the molecule is CCCCN(C)C(=O)[C@H]1CCCN(c2cccc3c2C(=O)N(Cc2nc(C)cs2)C3=O)C1. The third-order valence-electron chi connectivity index (χ3n) is 6.27. The predicted octanol–water partition coefficient (Wildman–Crippen LogP) is 3.72. The van der Waals surface area contributed by atoms with Crippen molar-refractivity contribution >= 4 is 34.7 Å². The number of thiazole rings is 1. The van der Waals surface area contributed by atoms with Gasteiger partial charge in [-0.3, -0.25) is 19.3 Å². The number of nitrogens with zero attached hydrogens (tertiary/aromatic N) is 4. The molecule has 0 spiro atoms. The molecule has 1 atom stereocenters. The number of aromatic nitrogens is 1. The molecule has 1 fully saturated rings. The maximum absolute atomic E-state index is 13.3. The van der Waals surface area contributed by atoms with E-state index in [-0.39, 0.29) is 30.2 Å². The van der Waals surface area contributed by atoms with Crippen LogP contribution in [0, 0.1) is 12.8 Å². The molecule has 3 amide bonds. The predicted molar refractivity (Wildman–Crippen MR) is 125 cm³/mol. The van der Waals surface area contributed by atoms with Gasteiger partial charge in [-0.1, -0.05) is 19.4 Å². The first-order valence-corrected chi connectivity index (χ1v) is 12.2. The van der Waals surface area contributed by atoms with Gasteiger partial charge in [0.2, 0.25) is 5.91 Å². The molecule has 2 aliphatic rings. The number of hydrogen-bond acceptors (Lipinski definition) is 6. The van der Waals surface area contributed by atoms with Gasteiger partial charge < -0.3 is 9.80 Å². The first-order chi connectivity index (χ1) is 15.4. The lowest BCUT2D eigenvalue weighted by Crippen LogP contribution is -2.44. The van der Waals surface area contributed by atoms with Crippen LogP contribution in [0.25, 0.3) is 0 Å². The van der Waals surface area contributed by atoms with Crippen LogP contribution in [0.5, 0.6) is 0 Å². The van der Waals surface area contributed by atoms with E-state index in [1.54, 1.807) is 6.07 Å². The molecule has 3 heterocycles. The highest BCUT2D eigenvalue weighted by Gasteiger charge is 2.40. The average Bonchev–Trinajstić information content (AvgIpc) is 3.33. The minimum absolute atomic E-state index is 0.0944. The standard InChI is InChI=1S/C24H30N4O3S/c1-4-5-11-26(3)22(29)17-8-7-12-27(13-17)19-10-6-9-18-21(19)24(31)28(23(18)30)14-20-25-16(2)15-32-20/h6,9-10,15,17H,4-5,7-8,11-14H2,1-3H3/t17-/m0/s1. The van der Waals surface area contributed by atoms with Crippen LogP contribution in [0.4, 0.5) is 5.69 Å². The van der Waals surface area contributed by atoms with Gasteiger partial charge in [-0.25, -0.2) is 4.98 Å². The fourth-order valence-corrected chi connectivity index (χ4v) is 5.31. The molecule has 1 aromatic heterocycles. The van der Waals surface area contributed by atoms with Gasteiger partial charge in [0, 0.05) is 37.8 Å². The molecular weight excluding hydrogens is 424 g/mol. The highest BCUT2D eigenvalue weighted by Crippen LogP contribution is 2.35. The summed E-state index contributed by atoms with van der Waals surface area (Å²) in [5.74, 6) is -0.479. The minimum Gasteiger partial charge on any atom is -0.370 e. The molecule has 2 aliphatic heterocycles. The van der Waals surface area contributed by atoms with Gasteiger partial charge >= 0.3 is 0 Å². The van der Waals surface area contributed by atoms with Crippen LogP contribution in [-0.4, -0.2) is 59.2 Å². The molecule has 0 radical (unpaired) electrons. The summed E-state index contributed by atoms with van der Waals surface area (Å²) >= 11 is 1.45. The molecule has 2 aromatic rings. The monoisotopic (exact) mass is 454 g/mol. The lowest BCUT2D eigenvalue weighted by molar-refractivity contribution is -0.134. The molecule has 0 unspecified atom stereocenters. The molecule has 1 saturated heterocycles. The van der Waals surface area contributed by atoms with Crippen LogP contribution in [-0.2, 0) is 11.3 Å². The summed E-state index contributed by atoms with van der Waals surface area (Å²) in [4.78, 5) is 48.9. The second-order valence-electron chi connectivity index (χ2n) is 8.68. The number of anilines is 1. The Bertz CT molecular complexity index is 1030. The largest absolute Gasteiger partial charge is 0.370 e. The topological polar surface area (TPSA) is 73.8 Å². The van der Waals surface area contributed by atoms with Crippen LogP contribution in [0.15, 0.2) is 23.6 Å². The van der Waals surface area contributed by atoms with Crippen molar-refractivity contribution in [1.82, 2.24) is 14.8 Å². The Hall–Kier alpha value is -2.74. The molecule has 4 rings (SSSR count). The maximum atomic E-state index is 13.3. The van der Waals surface area contributed by atoms with E-state index < -0.39 is 0 Å². The van der Waals surface area contributed by atoms with Crippen molar-refractivity contribution in [1.29, 1.82) is 0 Å². The Morgan fingerprint density at radius 3 is 2.81 bits per heavy atom. The summed E-state index contributed by atoms with van der Waals surface area (Å²) in [5, 5.41) is 2.67. The van der Waals surface area contributed by atoms with Gasteiger partial charge in [0.1, 0.15) is 5.01 Å². The Morgan fingerprint density at radius 1 is 1.28 bits per heavy atom. The van der Waals surface area contributed by atoms with E-state index in [1.807, 2.05) is 36.4 Å². The van der Waals surface area contributed by atoms with Gasteiger partial charge in [0.05, 0.1) is 29.3 Å². The molecule has 170 valence electrons. The number of fused-ring (bicyclic) bond motifs is 1. The molecule has 0 N–H and O–H groups in total. The number of piperidine rings is 1. The highest BCUT2D eigenvalue weighted by atomic mass is 32.1. The van der Waals surface area contributed by atoms with E-state index in [2.05, 4.69) is 16.8 Å². The fraction of sp³-hybridized carbons (Fsp3) is 0.500. The Balaban J connectivity index is 1.55. The molecular formula is C24H30N4O3S. The molecule has 32 heavy (non-hydrogen) atoms. The lowest BCUT2D eigenvalue weighted by atomic mass is 9.95. The summed E-state index contributed by atoms with van der Waals surface area (Å²) < 4.78 is 0. The third kappa shape index (κ3) is 4.28. The zero-order valence-electron chi connectivity index (χ0n) is 19.0.